The second kappa shape index (κ2) is 5.59. The van der Waals surface area contributed by atoms with Crippen LogP contribution in [0.1, 0.15) is 20.8 Å². The molecule has 1 heterocycles. The average molecular weight is 296 g/mol. The standard InChI is InChI=1S/C14H20N2OS2/c1-5-17-11-8-6-7-10-12(11)15-13(18)16(10)9-14(2,3)19-4/h6-8H,5,9H2,1-4H3,(H,15,18). The molecule has 0 fully saturated rings. The van der Waals surface area contributed by atoms with Crippen LogP contribution in [0.3, 0.4) is 0 Å². The number of aromatic amines is 1. The highest BCUT2D eigenvalue weighted by molar-refractivity contribution is 7.99. The molecule has 0 bridgehead atoms. The van der Waals surface area contributed by atoms with Gasteiger partial charge in [-0.2, -0.15) is 11.8 Å². The number of para-hydroxylation sites is 1. The molecule has 19 heavy (non-hydrogen) atoms. The zero-order chi connectivity index (χ0) is 14.0. The van der Waals surface area contributed by atoms with Gasteiger partial charge < -0.3 is 14.3 Å². The number of fused-ring (bicyclic) bond motifs is 1. The zero-order valence-corrected chi connectivity index (χ0v) is 13.5. The van der Waals surface area contributed by atoms with E-state index in [0.717, 1.165) is 28.1 Å². The van der Waals surface area contributed by atoms with Gasteiger partial charge in [-0.25, -0.2) is 0 Å². The van der Waals surface area contributed by atoms with E-state index in [2.05, 4.69) is 35.7 Å². The molecule has 0 aliphatic heterocycles. The van der Waals surface area contributed by atoms with Crippen LogP contribution < -0.4 is 4.74 Å². The number of benzene rings is 1. The van der Waals surface area contributed by atoms with Gasteiger partial charge in [-0.05, 0) is 51.4 Å². The third-order valence-electron chi connectivity index (χ3n) is 3.16. The topological polar surface area (TPSA) is 29.9 Å². The minimum atomic E-state index is 0.148. The molecule has 1 aromatic heterocycles. The number of rotatable bonds is 5. The molecule has 3 nitrogen and oxygen atoms in total. The zero-order valence-electron chi connectivity index (χ0n) is 11.8. The number of hydrogen-bond donors (Lipinski definition) is 1. The number of nitrogens with zero attached hydrogens (tertiary/aromatic N) is 1. The Labute approximate surface area is 123 Å². The van der Waals surface area contributed by atoms with Crippen molar-refractivity contribution >= 4 is 35.0 Å². The summed E-state index contributed by atoms with van der Waals surface area (Å²) in [6.07, 6.45) is 2.13. The van der Waals surface area contributed by atoms with E-state index < -0.39 is 0 Å². The van der Waals surface area contributed by atoms with E-state index in [1.165, 1.54) is 0 Å². The van der Waals surface area contributed by atoms with E-state index in [-0.39, 0.29) is 4.75 Å². The number of H-pyrrole nitrogens is 1. The molecule has 0 amide bonds. The van der Waals surface area contributed by atoms with Gasteiger partial charge >= 0.3 is 0 Å². The van der Waals surface area contributed by atoms with Crippen molar-refractivity contribution < 1.29 is 4.74 Å². The average Bonchev–Trinajstić information content (AvgIpc) is 2.68. The summed E-state index contributed by atoms with van der Waals surface area (Å²) in [5, 5.41) is 0. The van der Waals surface area contributed by atoms with Crippen LogP contribution in [0.15, 0.2) is 18.2 Å². The van der Waals surface area contributed by atoms with Gasteiger partial charge in [0.15, 0.2) is 4.77 Å². The van der Waals surface area contributed by atoms with Crippen LogP contribution in [-0.2, 0) is 6.54 Å². The lowest BCUT2D eigenvalue weighted by atomic mass is 10.2. The van der Waals surface area contributed by atoms with Gasteiger partial charge in [0, 0.05) is 11.3 Å². The van der Waals surface area contributed by atoms with Crippen molar-refractivity contribution in [3.05, 3.63) is 23.0 Å². The van der Waals surface area contributed by atoms with E-state index >= 15 is 0 Å². The van der Waals surface area contributed by atoms with E-state index in [4.69, 9.17) is 17.0 Å². The smallest absolute Gasteiger partial charge is 0.178 e. The SMILES string of the molecule is CCOc1cccc2c1[nH]c(=S)n2CC(C)(C)SC. The molecule has 0 saturated carbocycles. The minimum Gasteiger partial charge on any atom is -0.492 e. The molecule has 0 aliphatic rings. The highest BCUT2D eigenvalue weighted by Gasteiger charge is 2.19. The molecule has 2 aromatic rings. The van der Waals surface area contributed by atoms with Gasteiger partial charge in [0.1, 0.15) is 11.3 Å². The van der Waals surface area contributed by atoms with E-state index in [1.54, 1.807) is 0 Å². The van der Waals surface area contributed by atoms with Crippen molar-refractivity contribution in [1.29, 1.82) is 0 Å². The lowest BCUT2D eigenvalue weighted by molar-refractivity contribution is 0.343. The number of ether oxygens (including phenoxy) is 1. The second-order valence-electron chi connectivity index (χ2n) is 5.06. The molecule has 0 saturated heterocycles. The van der Waals surface area contributed by atoms with Crippen molar-refractivity contribution in [3.8, 4) is 5.75 Å². The summed E-state index contributed by atoms with van der Waals surface area (Å²) in [5.74, 6) is 0.867. The van der Waals surface area contributed by atoms with Gasteiger partial charge in [-0.3, -0.25) is 0 Å². The third kappa shape index (κ3) is 2.98. The summed E-state index contributed by atoms with van der Waals surface area (Å²) in [6.45, 7) is 7.97. The van der Waals surface area contributed by atoms with E-state index in [9.17, 15) is 0 Å². The molecule has 104 valence electrons. The summed E-state index contributed by atoms with van der Waals surface area (Å²) in [5.41, 5.74) is 2.10. The number of imidazole rings is 1. The number of thioether (sulfide) groups is 1. The molecule has 0 atom stereocenters. The maximum atomic E-state index is 5.65. The summed E-state index contributed by atoms with van der Waals surface area (Å²) in [6, 6.07) is 6.07. The Morgan fingerprint density at radius 2 is 2.16 bits per heavy atom. The van der Waals surface area contributed by atoms with Crippen molar-refractivity contribution in [3.63, 3.8) is 0 Å². The molecule has 0 aliphatic carbocycles. The van der Waals surface area contributed by atoms with Gasteiger partial charge in [0.2, 0.25) is 0 Å². The first kappa shape index (κ1) is 14.5. The summed E-state index contributed by atoms with van der Waals surface area (Å²) >= 11 is 7.30. The Bertz CT molecular complexity index is 628. The fourth-order valence-electron chi connectivity index (χ4n) is 2.03. The molecule has 2 rings (SSSR count). The van der Waals surface area contributed by atoms with E-state index in [1.807, 2.05) is 30.8 Å². The third-order valence-corrected chi connectivity index (χ3v) is 4.72. The normalized spacial score (nSPS) is 12.0. The first-order chi connectivity index (χ1) is 8.98. The number of hydrogen-bond acceptors (Lipinski definition) is 3. The van der Waals surface area contributed by atoms with Crippen LogP contribution >= 0.6 is 24.0 Å². The molecule has 1 N–H and O–H groups in total. The Morgan fingerprint density at radius 3 is 2.79 bits per heavy atom. The Kier molecular flexibility index (Phi) is 4.26. The second-order valence-corrected chi connectivity index (χ2v) is 6.96. The highest BCUT2D eigenvalue weighted by atomic mass is 32.2. The Balaban J connectivity index is 2.54. The van der Waals surface area contributed by atoms with Gasteiger partial charge in [-0.1, -0.05) is 6.07 Å². The highest BCUT2D eigenvalue weighted by Crippen LogP contribution is 2.29. The van der Waals surface area contributed by atoms with Crippen LogP contribution in [0.5, 0.6) is 5.75 Å². The molecule has 1 aromatic carbocycles. The molecule has 0 unspecified atom stereocenters. The van der Waals surface area contributed by atoms with Gasteiger partial charge in [0.25, 0.3) is 0 Å². The largest absolute Gasteiger partial charge is 0.492 e. The fraction of sp³-hybridized carbons (Fsp3) is 0.500. The predicted molar refractivity (Wildman–Crippen MR) is 85.9 cm³/mol. The van der Waals surface area contributed by atoms with Gasteiger partial charge in [-0.15, -0.1) is 0 Å². The first-order valence-electron chi connectivity index (χ1n) is 6.38. The van der Waals surface area contributed by atoms with Gasteiger partial charge in [0.05, 0.1) is 12.1 Å². The van der Waals surface area contributed by atoms with Crippen molar-refractivity contribution in [2.75, 3.05) is 12.9 Å². The summed E-state index contributed by atoms with van der Waals surface area (Å²) in [4.78, 5) is 3.27. The molecular formula is C14H20N2OS2. The van der Waals surface area contributed by atoms with Crippen molar-refractivity contribution in [2.45, 2.75) is 32.1 Å². The molecule has 0 radical (unpaired) electrons. The van der Waals surface area contributed by atoms with Crippen molar-refractivity contribution in [1.82, 2.24) is 9.55 Å². The quantitative estimate of drug-likeness (QED) is 0.837. The number of nitrogens with one attached hydrogen (secondary N) is 1. The molecule has 5 heteroatoms. The fourth-order valence-corrected chi connectivity index (χ4v) is 2.56. The van der Waals surface area contributed by atoms with E-state index in [0.29, 0.717) is 6.61 Å². The lowest BCUT2D eigenvalue weighted by Crippen LogP contribution is -2.22. The summed E-state index contributed by atoms with van der Waals surface area (Å²) in [7, 11) is 0. The maximum absolute atomic E-state index is 5.65. The van der Waals surface area contributed by atoms with Crippen LogP contribution in [0.25, 0.3) is 11.0 Å². The maximum Gasteiger partial charge on any atom is 0.178 e. The molecule has 0 spiro atoms. The Morgan fingerprint density at radius 1 is 1.42 bits per heavy atom. The monoisotopic (exact) mass is 296 g/mol. The molecular weight excluding hydrogens is 276 g/mol. The minimum absolute atomic E-state index is 0.148. The number of aromatic nitrogens is 2. The van der Waals surface area contributed by atoms with Crippen LogP contribution in [0, 0.1) is 4.77 Å². The lowest BCUT2D eigenvalue weighted by Gasteiger charge is -2.22. The van der Waals surface area contributed by atoms with Crippen LogP contribution in [0.2, 0.25) is 0 Å². The van der Waals surface area contributed by atoms with Crippen molar-refractivity contribution in [2.24, 2.45) is 0 Å². The first-order valence-corrected chi connectivity index (χ1v) is 8.01. The summed E-state index contributed by atoms with van der Waals surface area (Å²) < 4.78 is 8.71. The Hall–Kier alpha value is -0.940. The predicted octanol–water partition coefficient (Wildman–Crippen LogP) is 4.24. The van der Waals surface area contributed by atoms with Crippen LogP contribution in [0.4, 0.5) is 0 Å². The van der Waals surface area contributed by atoms with Crippen LogP contribution in [-0.4, -0.2) is 27.2 Å².